The second kappa shape index (κ2) is 8.47. The van der Waals surface area contributed by atoms with E-state index in [-0.39, 0.29) is 12.5 Å². The van der Waals surface area contributed by atoms with Crippen LogP contribution >= 0.6 is 12.2 Å². The molecule has 0 atom stereocenters. The second-order valence-corrected chi connectivity index (χ2v) is 5.73. The Hall–Kier alpha value is -2.15. The number of carbonyl (C=O) groups excluding carboxylic acids is 1. The maximum absolute atomic E-state index is 11.4. The molecular weight excluding hydrogens is 312 g/mol. The molecule has 7 heteroatoms. The SMILES string of the molecule is CCCCCNC(=S)N/N=C(/C)c1ccc2c(c1)NC(=O)CO2. The maximum atomic E-state index is 11.4. The molecule has 0 spiro atoms. The van der Waals surface area contributed by atoms with Gasteiger partial charge in [0, 0.05) is 6.54 Å². The van der Waals surface area contributed by atoms with Gasteiger partial charge in [-0.15, -0.1) is 0 Å². The van der Waals surface area contributed by atoms with Gasteiger partial charge in [-0.2, -0.15) is 5.10 Å². The first kappa shape index (κ1) is 17.2. The summed E-state index contributed by atoms with van der Waals surface area (Å²) in [5, 5.41) is 10.7. The number of anilines is 1. The number of ether oxygens (including phenoxy) is 1. The van der Waals surface area contributed by atoms with Crippen molar-refractivity contribution in [1.29, 1.82) is 0 Å². The third kappa shape index (κ3) is 5.21. The first-order valence-corrected chi connectivity index (χ1v) is 8.16. The van der Waals surface area contributed by atoms with Gasteiger partial charge in [0.05, 0.1) is 11.4 Å². The molecule has 124 valence electrons. The Bertz CT molecular complexity index is 616. The third-order valence-electron chi connectivity index (χ3n) is 3.42. The van der Waals surface area contributed by atoms with Crippen molar-refractivity contribution in [2.45, 2.75) is 33.1 Å². The van der Waals surface area contributed by atoms with Gasteiger partial charge in [0.1, 0.15) is 5.75 Å². The Labute approximate surface area is 141 Å². The van der Waals surface area contributed by atoms with Crippen LogP contribution in [0.15, 0.2) is 23.3 Å². The van der Waals surface area contributed by atoms with Crippen LogP contribution in [0.5, 0.6) is 5.75 Å². The monoisotopic (exact) mass is 334 g/mol. The lowest BCUT2D eigenvalue weighted by Crippen LogP contribution is -2.33. The Balaban J connectivity index is 1.92. The van der Waals surface area contributed by atoms with Gasteiger partial charge in [0.15, 0.2) is 11.7 Å². The van der Waals surface area contributed by atoms with E-state index in [0.29, 0.717) is 16.5 Å². The Morgan fingerprint density at radius 1 is 1.43 bits per heavy atom. The lowest BCUT2D eigenvalue weighted by Gasteiger charge is -2.18. The van der Waals surface area contributed by atoms with Gasteiger partial charge in [-0.1, -0.05) is 19.8 Å². The highest BCUT2D eigenvalue weighted by Gasteiger charge is 2.16. The van der Waals surface area contributed by atoms with E-state index in [2.05, 4.69) is 28.1 Å². The predicted octanol–water partition coefficient (Wildman–Crippen LogP) is 2.40. The number of hydrogen-bond acceptors (Lipinski definition) is 4. The predicted molar refractivity (Wildman–Crippen MR) is 96.0 cm³/mol. The molecule has 0 unspecified atom stereocenters. The van der Waals surface area contributed by atoms with E-state index in [1.165, 1.54) is 12.8 Å². The number of amides is 1. The number of hydrogen-bond donors (Lipinski definition) is 3. The fraction of sp³-hybridized carbons (Fsp3) is 0.438. The highest BCUT2D eigenvalue weighted by Crippen LogP contribution is 2.28. The minimum atomic E-state index is -0.153. The van der Waals surface area contributed by atoms with E-state index in [1.807, 2.05) is 25.1 Å². The smallest absolute Gasteiger partial charge is 0.262 e. The molecule has 1 aliphatic rings. The van der Waals surface area contributed by atoms with Crippen LogP contribution in [0.4, 0.5) is 5.69 Å². The zero-order valence-electron chi connectivity index (χ0n) is 13.4. The molecule has 0 saturated heterocycles. The molecular formula is C16H22N4O2S. The van der Waals surface area contributed by atoms with Crippen LogP contribution in [0, 0.1) is 0 Å². The van der Waals surface area contributed by atoms with Crippen LogP contribution in [0.1, 0.15) is 38.7 Å². The van der Waals surface area contributed by atoms with Gasteiger partial charge in [0.2, 0.25) is 0 Å². The van der Waals surface area contributed by atoms with E-state index in [1.54, 1.807) is 0 Å². The first-order chi connectivity index (χ1) is 11.1. The van der Waals surface area contributed by atoms with Crippen LogP contribution in [0.25, 0.3) is 0 Å². The van der Waals surface area contributed by atoms with E-state index in [4.69, 9.17) is 17.0 Å². The lowest BCUT2D eigenvalue weighted by atomic mass is 10.1. The summed E-state index contributed by atoms with van der Waals surface area (Å²) in [5.74, 6) is 0.516. The second-order valence-electron chi connectivity index (χ2n) is 5.32. The average Bonchev–Trinajstić information content (AvgIpc) is 2.55. The molecule has 2 rings (SSSR count). The maximum Gasteiger partial charge on any atom is 0.262 e. The van der Waals surface area contributed by atoms with Crippen molar-refractivity contribution in [3.8, 4) is 5.75 Å². The lowest BCUT2D eigenvalue weighted by molar-refractivity contribution is -0.118. The first-order valence-electron chi connectivity index (χ1n) is 7.75. The van der Waals surface area contributed by atoms with Crippen LogP contribution in [-0.2, 0) is 4.79 Å². The largest absolute Gasteiger partial charge is 0.482 e. The molecule has 0 saturated carbocycles. The summed E-state index contributed by atoms with van der Waals surface area (Å²) in [5.41, 5.74) is 5.15. The van der Waals surface area contributed by atoms with Gasteiger partial charge in [-0.05, 0) is 49.3 Å². The molecule has 0 bridgehead atoms. The number of nitrogens with one attached hydrogen (secondary N) is 3. The number of thiocarbonyl (C=S) groups is 1. The molecule has 1 aromatic rings. The zero-order valence-corrected chi connectivity index (χ0v) is 14.3. The van der Waals surface area contributed by atoms with Crippen molar-refractivity contribution in [1.82, 2.24) is 10.7 Å². The highest BCUT2D eigenvalue weighted by molar-refractivity contribution is 7.80. The summed E-state index contributed by atoms with van der Waals surface area (Å²) in [6, 6.07) is 5.56. The van der Waals surface area contributed by atoms with Crippen LogP contribution in [-0.4, -0.2) is 29.9 Å². The Kier molecular flexibility index (Phi) is 6.34. The van der Waals surface area contributed by atoms with E-state index < -0.39 is 0 Å². The minimum Gasteiger partial charge on any atom is -0.482 e. The van der Waals surface area contributed by atoms with Crippen LogP contribution in [0.3, 0.4) is 0 Å². The molecule has 3 N–H and O–H groups in total. The summed E-state index contributed by atoms with van der Waals surface area (Å²) >= 11 is 5.18. The normalized spacial score (nSPS) is 13.7. The van der Waals surface area contributed by atoms with Gasteiger partial charge < -0.3 is 15.4 Å². The summed E-state index contributed by atoms with van der Waals surface area (Å²) in [4.78, 5) is 11.4. The summed E-state index contributed by atoms with van der Waals surface area (Å²) in [6.07, 6.45) is 3.45. The molecule has 6 nitrogen and oxygen atoms in total. The molecule has 0 radical (unpaired) electrons. The van der Waals surface area contributed by atoms with Gasteiger partial charge >= 0.3 is 0 Å². The summed E-state index contributed by atoms with van der Waals surface area (Å²) in [7, 11) is 0. The van der Waals surface area contributed by atoms with E-state index in [0.717, 1.165) is 24.2 Å². The number of benzene rings is 1. The fourth-order valence-corrected chi connectivity index (χ4v) is 2.27. The van der Waals surface area contributed by atoms with Crippen molar-refractivity contribution in [3.05, 3.63) is 23.8 Å². The highest BCUT2D eigenvalue weighted by atomic mass is 32.1. The van der Waals surface area contributed by atoms with Crippen molar-refractivity contribution in [2.24, 2.45) is 5.10 Å². The molecule has 0 aliphatic carbocycles. The molecule has 1 aliphatic heterocycles. The number of fused-ring (bicyclic) bond motifs is 1. The standard InChI is InChI=1S/C16H22N4O2S/c1-3-4-5-8-17-16(23)20-19-11(2)12-6-7-14-13(9-12)18-15(21)10-22-14/h6-7,9H,3-5,8,10H2,1-2H3,(H,18,21)(H2,17,20,23)/b19-11-. The van der Waals surface area contributed by atoms with Crippen molar-refractivity contribution in [3.63, 3.8) is 0 Å². The topological polar surface area (TPSA) is 74.8 Å². The average molecular weight is 334 g/mol. The quantitative estimate of drug-likeness (QED) is 0.322. The molecule has 0 aromatic heterocycles. The van der Waals surface area contributed by atoms with Gasteiger partial charge in [-0.3, -0.25) is 10.2 Å². The number of rotatable bonds is 6. The van der Waals surface area contributed by atoms with Crippen molar-refractivity contribution >= 4 is 34.6 Å². The van der Waals surface area contributed by atoms with Gasteiger partial charge in [0.25, 0.3) is 5.91 Å². The van der Waals surface area contributed by atoms with Crippen molar-refractivity contribution in [2.75, 3.05) is 18.5 Å². The molecule has 1 aromatic carbocycles. The number of carbonyl (C=O) groups is 1. The van der Waals surface area contributed by atoms with E-state index in [9.17, 15) is 4.79 Å². The Morgan fingerprint density at radius 2 is 2.26 bits per heavy atom. The molecule has 23 heavy (non-hydrogen) atoms. The summed E-state index contributed by atoms with van der Waals surface area (Å²) in [6.45, 7) is 4.94. The number of nitrogens with zero attached hydrogens (tertiary/aromatic N) is 1. The van der Waals surface area contributed by atoms with Gasteiger partial charge in [-0.25, -0.2) is 0 Å². The number of hydrazone groups is 1. The van der Waals surface area contributed by atoms with E-state index >= 15 is 0 Å². The molecule has 1 amide bonds. The van der Waals surface area contributed by atoms with Crippen LogP contribution < -0.4 is 20.8 Å². The fourth-order valence-electron chi connectivity index (χ4n) is 2.12. The molecule has 0 fully saturated rings. The summed E-state index contributed by atoms with van der Waals surface area (Å²) < 4.78 is 5.33. The zero-order chi connectivity index (χ0) is 16.7. The third-order valence-corrected chi connectivity index (χ3v) is 3.66. The Morgan fingerprint density at radius 3 is 3.04 bits per heavy atom. The molecule has 1 heterocycles. The number of unbranched alkanes of at least 4 members (excludes halogenated alkanes) is 2. The van der Waals surface area contributed by atoms with Crippen molar-refractivity contribution < 1.29 is 9.53 Å². The van der Waals surface area contributed by atoms with Crippen LogP contribution in [0.2, 0.25) is 0 Å². The minimum absolute atomic E-state index is 0.0545.